The number of benzene rings is 1. The van der Waals surface area contributed by atoms with Crippen molar-refractivity contribution >= 4 is 12.4 Å². The molecule has 0 unspecified atom stereocenters. The van der Waals surface area contributed by atoms with Gasteiger partial charge in [-0.15, -0.1) is 0 Å². The summed E-state index contributed by atoms with van der Waals surface area (Å²) in [5.41, 5.74) is 12.5. The Balaban J connectivity index is 0.000000534. The number of aromatic amines is 2. The van der Waals surface area contributed by atoms with Gasteiger partial charge in [-0.05, 0) is 103 Å². The second-order valence-corrected chi connectivity index (χ2v) is 34.0. The van der Waals surface area contributed by atoms with E-state index >= 15 is 0 Å². The summed E-state index contributed by atoms with van der Waals surface area (Å²) in [4.78, 5) is 50.9. The standard InChI is InChI=1S/C10H14.3C9H13N.2C8H12N2.2C8H13N.2C7H12N2/c1-10(2,3)9-7-5-4-6-8-9;1-9(2,3)8-4-6-10-7-5-8;1-9(2,3)8-5-4-6-10-7-8;1-9(2,3)8-6-4-5-7-10-8;1-8(2,3)7-4-5-9-6-10-7;1-8(2,3)7-9-5-4-6-10-7;2*1-8(2,3)7-4-5-9-6-7;1-7(2,3)6-4-8-5-9-6;1-7(2,3)6-8-4-5-9-6/h4-8H,1-3H3;3*4-7H,1-3H3;2*4-6H,1-3H3;5-6H,4H2,1-3H3;4-5H,6H2,1-3H3;2*4-5H,1-3H3,(H,8,9). The van der Waals surface area contributed by atoms with Crippen molar-refractivity contribution in [3.8, 4) is 0 Å². The fourth-order valence-corrected chi connectivity index (χ4v) is 7.84. The first kappa shape index (κ1) is 86.1. The summed E-state index contributed by atoms with van der Waals surface area (Å²) in [6, 6.07) is 28.5. The molecule has 1 aromatic carbocycles. The third-order valence-corrected chi connectivity index (χ3v) is 14.5. The predicted molar refractivity (Wildman–Crippen MR) is 412 cm³/mol. The molecule has 2 aliphatic heterocycles. The van der Waals surface area contributed by atoms with Gasteiger partial charge < -0.3 is 9.97 Å². The number of pyridine rings is 3. The van der Waals surface area contributed by atoms with Crippen LogP contribution in [0.15, 0.2) is 199 Å². The van der Waals surface area contributed by atoms with Crippen molar-refractivity contribution in [1.82, 2.24) is 54.8 Å². The highest BCUT2D eigenvalue weighted by atomic mass is 14.9. The van der Waals surface area contributed by atoms with Crippen molar-refractivity contribution < 1.29 is 0 Å². The molecule has 0 saturated carbocycles. The van der Waals surface area contributed by atoms with Crippen LogP contribution in [0.5, 0.6) is 0 Å². The van der Waals surface area contributed by atoms with Gasteiger partial charge >= 0.3 is 0 Å². The quantitative estimate of drug-likeness (QED) is 0.150. The van der Waals surface area contributed by atoms with Crippen LogP contribution >= 0.6 is 0 Å². The largest absolute Gasteiger partial charge is 0.348 e. The summed E-state index contributed by atoms with van der Waals surface area (Å²) >= 11 is 0. The molecule has 0 radical (unpaired) electrons. The Morgan fingerprint density at radius 3 is 1.14 bits per heavy atom. The minimum Gasteiger partial charge on any atom is -0.348 e. The van der Waals surface area contributed by atoms with E-state index in [0.29, 0.717) is 16.2 Å². The van der Waals surface area contributed by atoms with E-state index in [1.165, 1.54) is 33.5 Å². The molecule has 2 N–H and O–H groups in total. The van der Waals surface area contributed by atoms with Gasteiger partial charge in [0.2, 0.25) is 0 Å². The van der Waals surface area contributed by atoms with Crippen molar-refractivity contribution in [3.05, 3.63) is 235 Å². The molecule has 524 valence electrons. The van der Waals surface area contributed by atoms with Gasteiger partial charge in [0.1, 0.15) is 18.0 Å². The molecule has 8 aromatic rings. The lowest BCUT2D eigenvalue weighted by molar-refractivity contribution is 0.499. The average Bonchev–Trinajstić information content (AvgIpc) is 2.68. The summed E-state index contributed by atoms with van der Waals surface area (Å²) in [5, 5.41) is 0. The molecule has 0 amide bonds. The number of nitrogens with zero attached hydrogens (tertiary/aromatic N) is 11. The number of aromatic nitrogens is 11. The molecule has 0 saturated heterocycles. The third-order valence-electron chi connectivity index (χ3n) is 14.5. The van der Waals surface area contributed by atoms with Gasteiger partial charge in [0, 0.05) is 137 Å². The van der Waals surface area contributed by atoms with Gasteiger partial charge in [-0.25, -0.2) is 29.9 Å². The van der Waals surface area contributed by atoms with E-state index in [-0.39, 0.29) is 37.9 Å². The smallest absolute Gasteiger partial charge is 0.133 e. The van der Waals surface area contributed by atoms with E-state index in [1.54, 1.807) is 43.6 Å². The van der Waals surface area contributed by atoms with Crippen molar-refractivity contribution in [2.75, 3.05) is 6.54 Å². The number of allylic oxidation sites excluding steroid dienone is 2. The molecule has 13 nitrogen and oxygen atoms in total. The van der Waals surface area contributed by atoms with Crippen molar-refractivity contribution in [3.63, 3.8) is 0 Å². The molecule has 13 heteroatoms. The zero-order valence-electron chi connectivity index (χ0n) is 65.2. The van der Waals surface area contributed by atoms with Crippen LogP contribution in [0.1, 0.15) is 260 Å². The number of aliphatic imine (C=N–C) groups is 2. The highest BCUT2D eigenvalue weighted by Crippen LogP contribution is 2.30. The first-order valence-electron chi connectivity index (χ1n) is 33.8. The van der Waals surface area contributed by atoms with E-state index in [9.17, 15) is 0 Å². The first-order valence-corrected chi connectivity index (χ1v) is 33.8. The van der Waals surface area contributed by atoms with E-state index in [4.69, 9.17) is 0 Å². The summed E-state index contributed by atoms with van der Waals surface area (Å²) in [7, 11) is 0. The summed E-state index contributed by atoms with van der Waals surface area (Å²) in [6.07, 6.45) is 32.3. The van der Waals surface area contributed by atoms with Crippen LogP contribution < -0.4 is 0 Å². The van der Waals surface area contributed by atoms with E-state index in [1.807, 2.05) is 86.1 Å². The zero-order chi connectivity index (χ0) is 73.3. The molecule has 2 aliphatic rings. The molecule has 10 rings (SSSR count). The van der Waals surface area contributed by atoms with Crippen LogP contribution in [-0.2, 0) is 43.3 Å². The van der Waals surface area contributed by atoms with Crippen LogP contribution in [0.4, 0.5) is 0 Å². The zero-order valence-corrected chi connectivity index (χ0v) is 65.2. The maximum atomic E-state index is 4.25. The molecule has 0 atom stereocenters. The van der Waals surface area contributed by atoms with Crippen molar-refractivity contribution in [2.24, 2.45) is 20.8 Å². The second-order valence-electron chi connectivity index (χ2n) is 34.0. The van der Waals surface area contributed by atoms with E-state index in [0.717, 1.165) is 36.0 Å². The molecule has 0 bridgehead atoms. The monoisotopic (exact) mass is 1310 g/mol. The minimum atomic E-state index is 0.0707. The topological polar surface area (TPSA) is 172 Å². The number of rotatable bonds is 0. The van der Waals surface area contributed by atoms with Crippen LogP contribution in [0, 0.1) is 10.8 Å². The van der Waals surface area contributed by atoms with Gasteiger partial charge in [0.05, 0.1) is 12.9 Å². The fourth-order valence-electron chi connectivity index (χ4n) is 7.84. The van der Waals surface area contributed by atoms with E-state index in [2.05, 4.69) is 333 Å². The number of nitrogens with one attached hydrogen (secondary N) is 2. The Bertz CT molecular complexity index is 2910. The number of hydrogen-bond donors (Lipinski definition) is 2. The minimum absolute atomic E-state index is 0.0707. The van der Waals surface area contributed by atoms with Gasteiger partial charge in [-0.3, -0.25) is 24.9 Å². The highest BCUT2D eigenvalue weighted by molar-refractivity contribution is 5.75. The van der Waals surface area contributed by atoms with Gasteiger partial charge in [0.15, 0.2) is 0 Å². The number of hydrogen-bond acceptors (Lipinski definition) is 11. The Kier molecular flexibility index (Phi) is 35.3. The maximum absolute atomic E-state index is 4.25. The number of imidazole rings is 2. The van der Waals surface area contributed by atoms with E-state index < -0.39 is 0 Å². The predicted octanol–water partition coefficient (Wildman–Crippen LogP) is 21.5. The second kappa shape index (κ2) is 39.3. The molecule has 0 spiro atoms. The molecular formula is C83H127N13. The molecule has 96 heavy (non-hydrogen) atoms. The lowest BCUT2D eigenvalue weighted by atomic mass is 9.86. The highest BCUT2D eigenvalue weighted by Gasteiger charge is 2.21. The molecule has 9 heterocycles. The molecule has 0 fully saturated rings. The third kappa shape index (κ3) is 38.0. The van der Waals surface area contributed by atoms with Gasteiger partial charge in [-0.2, -0.15) is 0 Å². The van der Waals surface area contributed by atoms with Crippen LogP contribution in [-0.4, -0.2) is 73.8 Å². The Morgan fingerprint density at radius 2 is 0.865 bits per heavy atom. The van der Waals surface area contributed by atoms with Gasteiger partial charge in [-0.1, -0.05) is 250 Å². The maximum Gasteiger partial charge on any atom is 0.133 e. The molecular weight excluding hydrogens is 1180 g/mol. The van der Waals surface area contributed by atoms with Crippen LogP contribution in [0.25, 0.3) is 0 Å². The Morgan fingerprint density at radius 1 is 0.344 bits per heavy atom. The van der Waals surface area contributed by atoms with Gasteiger partial charge in [0.25, 0.3) is 0 Å². The average molecular weight is 1310 g/mol. The normalized spacial score (nSPS) is 12.9. The SMILES string of the molecule is CC(C)(C)C1=CC=NC1.CC(C)(C)C1=CN=CC1.CC(C)(C)c1ccccc1.CC(C)(C)c1ccccn1.CC(C)(C)c1cccnc1.CC(C)(C)c1ccncc1.CC(C)(C)c1ccncn1.CC(C)(C)c1cnc[nH]1.CC(C)(C)c1ncc[nH]1.CC(C)(C)c1ncccn1. The lowest BCUT2D eigenvalue weighted by Crippen LogP contribution is -2.14. The number of H-pyrrole nitrogens is 2. The van der Waals surface area contributed by atoms with Crippen molar-refractivity contribution in [2.45, 2.75) is 257 Å². The van der Waals surface area contributed by atoms with Crippen molar-refractivity contribution in [1.29, 1.82) is 0 Å². The summed E-state index contributed by atoms with van der Waals surface area (Å²) < 4.78 is 0. The van der Waals surface area contributed by atoms with Crippen LogP contribution in [0.2, 0.25) is 0 Å². The Hall–Kier alpha value is -7.93. The lowest BCUT2D eigenvalue weighted by Gasteiger charge is -2.18. The summed E-state index contributed by atoms with van der Waals surface area (Å²) in [6.45, 7) is 66.1. The summed E-state index contributed by atoms with van der Waals surface area (Å²) in [5.74, 6) is 1.94. The molecule has 7 aromatic heterocycles. The first-order chi connectivity index (χ1) is 44.1. The van der Waals surface area contributed by atoms with Crippen LogP contribution in [0.3, 0.4) is 0 Å². The Labute approximate surface area is 583 Å². The fraction of sp³-hybridized carbons (Fsp3) is 0.506. The molecule has 0 aliphatic carbocycles.